The van der Waals surface area contributed by atoms with Crippen molar-refractivity contribution in [2.45, 2.75) is 6.04 Å². The maximum absolute atomic E-state index is 11.6. The molecule has 2 amide bonds. The summed E-state index contributed by atoms with van der Waals surface area (Å²) in [6.45, 7) is 1.32. The molecular formula is C8H12N2O3. The minimum Gasteiger partial charge on any atom is -0.380 e. The molecule has 0 radical (unpaired) electrons. The highest BCUT2D eigenvalue weighted by molar-refractivity contribution is 5.94. The van der Waals surface area contributed by atoms with Gasteiger partial charge in [0.2, 0.25) is 11.8 Å². The lowest BCUT2D eigenvalue weighted by Crippen LogP contribution is -2.62. The van der Waals surface area contributed by atoms with E-state index >= 15 is 0 Å². The Hall–Kier alpha value is -1.10. The van der Waals surface area contributed by atoms with E-state index in [-0.39, 0.29) is 30.3 Å². The molecule has 0 spiro atoms. The minimum absolute atomic E-state index is 0.00657. The molecular weight excluding hydrogens is 172 g/mol. The normalized spacial score (nSPS) is 29.9. The number of hydrogen-bond donors (Lipinski definition) is 1. The smallest absolute Gasteiger partial charge is 0.245 e. The summed E-state index contributed by atoms with van der Waals surface area (Å²) < 4.78 is 4.98. The van der Waals surface area contributed by atoms with E-state index in [0.717, 1.165) is 0 Å². The second-order valence-corrected chi connectivity index (χ2v) is 3.54. The molecule has 5 heteroatoms. The van der Waals surface area contributed by atoms with Crippen LogP contribution in [-0.4, -0.2) is 49.6 Å². The van der Waals surface area contributed by atoms with E-state index in [1.807, 2.05) is 0 Å². The quantitative estimate of drug-likeness (QED) is 0.544. The SMILES string of the molecule is CN1CC(=O)NC(C2COC2)C1=O. The number of likely N-dealkylation sites (N-methyl/N-ethyl adjacent to an activating group) is 1. The van der Waals surface area contributed by atoms with Gasteiger partial charge in [-0.15, -0.1) is 0 Å². The largest absolute Gasteiger partial charge is 0.380 e. The van der Waals surface area contributed by atoms with Crippen LogP contribution in [0.1, 0.15) is 0 Å². The Balaban J connectivity index is 2.07. The third-order valence-corrected chi connectivity index (χ3v) is 2.47. The van der Waals surface area contributed by atoms with Crippen molar-refractivity contribution in [3.8, 4) is 0 Å². The number of amides is 2. The fourth-order valence-electron chi connectivity index (χ4n) is 1.58. The lowest BCUT2D eigenvalue weighted by Gasteiger charge is -2.38. The maximum Gasteiger partial charge on any atom is 0.245 e. The standard InChI is InChI=1S/C8H12N2O3/c1-10-2-6(11)9-7(8(10)12)5-3-13-4-5/h5,7H,2-4H2,1H3,(H,9,11). The van der Waals surface area contributed by atoms with E-state index in [0.29, 0.717) is 13.2 Å². The average Bonchev–Trinajstić information content (AvgIpc) is 1.95. The van der Waals surface area contributed by atoms with Gasteiger partial charge in [-0.05, 0) is 0 Å². The van der Waals surface area contributed by atoms with Crippen LogP contribution in [0, 0.1) is 5.92 Å². The van der Waals surface area contributed by atoms with E-state index in [1.54, 1.807) is 7.05 Å². The van der Waals surface area contributed by atoms with Gasteiger partial charge in [0, 0.05) is 13.0 Å². The third kappa shape index (κ3) is 1.39. The molecule has 1 atom stereocenters. The zero-order valence-electron chi connectivity index (χ0n) is 7.45. The number of ether oxygens (including phenoxy) is 1. The molecule has 2 saturated heterocycles. The number of carbonyl (C=O) groups excluding carboxylic acids is 2. The van der Waals surface area contributed by atoms with E-state index < -0.39 is 0 Å². The monoisotopic (exact) mass is 184 g/mol. The Morgan fingerprint density at radius 2 is 2.15 bits per heavy atom. The van der Waals surface area contributed by atoms with E-state index in [2.05, 4.69) is 5.32 Å². The minimum atomic E-state index is -0.361. The van der Waals surface area contributed by atoms with Crippen molar-refractivity contribution >= 4 is 11.8 Å². The molecule has 2 aliphatic heterocycles. The predicted molar refractivity (Wildman–Crippen MR) is 43.9 cm³/mol. The molecule has 0 bridgehead atoms. The number of hydrogen-bond acceptors (Lipinski definition) is 3. The highest BCUT2D eigenvalue weighted by atomic mass is 16.5. The zero-order chi connectivity index (χ0) is 9.42. The molecule has 1 unspecified atom stereocenters. The van der Waals surface area contributed by atoms with Crippen molar-refractivity contribution in [3.05, 3.63) is 0 Å². The summed E-state index contributed by atoms with van der Waals surface area (Å²) in [5.41, 5.74) is 0. The van der Waals surface area contributed by atoms with Gasteiger partial charge in [-0.1, -0.05) is 0 Å². The summed E-state index contributed by atoms with van der Waals surface area (Å²) in [4.78, 5) is 24.1. The van der Waals surface area contributed by atoms with E-state index in [1.165, 1.54) is 4.90 Å². The second-order valence-electron chi connectivity index (χ2n) is 3.54. The van der Waals surface area contributed by atoms with Crippen LogP contribution < -0.4 is 5.32 Å². The first-order valence-electron chi connectivity index (χ1n) is 4.30. The fraction of sp³-hybridized carbons (Fsp3) is 0.750. The van der Waals surface area contributed by atoms with Crippen molar-refractivity contribution in [2.24, 2.45) is 5.92 Å². The molecule has 2 rings (SSSR count). The first-order chi connectivity index (χ1) is 6.18. The molecule has 2 fully saturated rings. The number of carbonyl (C=O) groups is 2. The third-order valence-electron chi connectivity index (χ3n) is 2.47. The Bertz CT molecular complexity index is 250. The van der Waals surface area contributed by atoms with E-state index in [9.17, 15) is 9.59 Å². The topological polar surface area (TPSA) is 58.6 Å². The van der Waals surface area contributed by atoms with Crippen LogP contribution in [0.15, 0.2) is 0 Å². The van der Waals surface area contributed by atoms with Crippen LogP contribution in [0.4, 0.5) is 0 Å². The van der Waals surface area contributed by atoms with Crippen molar-refractivity contribution in [3.63, 3.8) is 0 Å². The molecule has 0 saturated carbocycles. The lowest BCUT2D eigenvalue weighted by molar-refractivity contribution is -0.150. The molecule has 13 heavy (non-hydrogen) atoms. The van der Waals surface area contributed by atoms with Gasteiger partial charge in [0.25, 0.3) is 0 Å². The van der Waals surface area contributed by atoms with Gasteiger partial charge in [0.1, 0.15) is 6.04 Å². The van der Waals surface area contributed by atoms with Gasteiger partial charge >= 0.3 is 0 Å². The average molecular weight is 184 g/mol. The zero-order valence-corrected chi connectivity index (χ0v) is 7.45. The second kappa shape index (κ2) is 2.99. The van der Waals surface area contributed by atoms with E-state index in [4.69, 9.17) is 4.74 Å². The molecule has 1 N–H and O–H groups in total. The van der Waals surface area contributed by atoms with Gasteiger partial charge in [-0.2, -0.15) is 0 Å². The summed E-state index contributed by atoms with van der Waals surface area (Å²) in [5.74, 6) is 0.0751. The highest BCUT2D eigenvalue weighted by Gasteiger charge is 2.39. The van der Waals surface area contributed by atoms with Crippen LogP contribution in [0.2, 0.25) is 0 Å². The Kier molecular flexibility index (Phi) is 1.95. The van der Waals surface area contributed by atoms with Gasteiger partial charge in [0.05, 0.1) is 19.8 Å². The van der Waals surface area contributed by atoms with Gasteiger partial charge in [-0.3, -0.25) is 9.59 Å². The molecule has 0 aliphatic carbocycles. The summed E-state index contributed by atoms with van der Waals surface area (Å²) in [6, 6.07) is -0.361. The van der Waals surface area contributed by atoms with Crippen molar-refractivity contribution in [2.75, 3.05) is 26.8 Å². The first-order valence-corrected chi connectivity index (χ1v) is 4.30. The molecule has 2 aliphatic rings. The molecule has 72 valence electrons. The van der Waals surface area contributed by atoms with Gasteiger partial charge in [0.15, 0.2) is 0 Å². The number of nitrogens with zero attached hydrogens (tertiary/aromatic N) is 1. The van der Waals surface area contributed by atoms with Crippen LogP contribution in [0.5, 0.6) is 0 Å². The molecule has 0 aromatic carbocycles. The summed E-state index contributed by atoms with van der Waals surface area (Å²) in [6.07, 6.45) is 0. The molecule has 2 heterocycles. The molecule has 5 nitrogen and oxygen atoms in total. The maximum atomic E-state index is 11.6. The Labute approximate surface area is 76.0 Å². The molecule has 0 aromatic heterocycles. The lowest BCUT2D eigenvalue weighted by atomic mass is 9.95. The number of piperazine rings is 1. The first kappa shape index (κ1) is 8.50. The molecule has 0 aromatic rings. The van der Waals surface area contributed by atoms with Crippen LogP contribution >= 0.6 is 0 Å². The highest BCUT2D eigenvalue weighted by Crippen LogP contribution is 2.18. The van der Waals surface area contributed by atoms with Crippen molar-refractivity contribution < 1.29 is 14.3 Å². The Morgan fingerprint density at radius 3 is 2.69 bits per heavy atom. The van der Waals surface area contributed by atoms with Gasteiger partial charge < -0.3 is 15.0 Å². The van der Waals surface area contributed by atoms with Crippen LogP contribution in [0.25, 0.3) is 0 Å². The van der Waals surface area contributed by atoms with Crippen molar-refractivity contribution in [1.82, 2.24) is 10.2 Å². The number of rotatable bonds is 1. The summed E-state index contributed by atoms with van der Waals surface area (Å²) in [7, 11) is 1.65. The fourth-order valence-corrected chi connectivity index (χ4v) is 1.58. The summed E-state index contributed by atoms with van der Waals surface area (Å²) in [5, 5.41) is 2.69. The number of nitrogens with one attached hydrogen (secondary N) is 1. The predicted octanol–water partition coefficient (Wildman–Crippen LogP) is -1.41. The van der Waals surface area contributed by atoms with Crippen LogP contribution in [-0.2, 0) is 14.3 Å². The van der Waals surface area contributed by atoms with Crippen LogP contribution in [0.3, 0.4) is 0 Å². The van der Waals surface area contributed by atoms with Crippen molar-refractivity contribution in [1.29, 1.82) is 0 Å². The Morgan fingerprint density at radius 1 is 1.46 bits per heavy atom. The van der Waals surface area contributed by atoms with Gasteiger partial charge in [-0.25, -0.2) is 0 Å². The summed E-state index contributed by atoms with van der Waals surface area (Å²) >= 11 is 0.